The Morgan fingerprint density at radius 2 is 1.90 bits per heavy atom. The lowest BCUT2D eigenvalue weighted by Crippen LogP contribution is -2.18. The maximum Gasteiger partial charge on any atom is 0.224 e. The molecule has 0 spiro atoms. The van der Waals surface area contributed by atoms with Gasteiger partial charge in [0.25, 0.3) is 0 Å². The van der Waals surface area contributed by atoms with Gasteiger partial charge >= 0.3 is 0 Å². The number of nitrogens with one attached hydrogen (secondary N) is 1. The van der Waals surface area contributed by atoms with Crippen LogP contribution < -0.4 is 11.1 Å². The first-order valence-corrected chi connectivity index (χ1v) is 7.98. The van der Waals surface area contributed by atoms with Crippen LogP contribution in [0.1, 0.15) is 50.5 Å². The molecule has 0 bridgehead atoms. The quantitative estimate of drug-likeness (QED) is 0.758. The van der Waals surface area contributed by atoms with Crippen molar-refractivity contribution < 1.29 is 9.53 Å². The van der Waals surface area contributed by atoms with Crippen LogP contribution in [-0.2, 0) is 16.1 Å². The summed E-state index contributed by atoms with van der Waals surface area (Å²) in [6, 6.07) is 7.64. The Bertz CT molecular complexity index is 425. The molecule has 0 atom stereocenters. The van der Waals surface area contributed by atoms with Gasteiger partial charge < -0.3 is 15.8 Å². The molecule has 3 N–H and O–H groups in total. The molecule has 1 aliphatic carbocycles. The highest BCUT2D eigenvalue weighted by atomic mass is 16.5. The van der Waals surface area contributed by atoms with Crippen molar-refractivity contribution in [2.45, 2.75) is 57.6 Å². The molecule has 1 saturated carbocycles. The van der Waals surface area contributed by atoms with Crippen LogP contribution in [0.5, 0.6) is 0 Å². The van der Waals surface area contributed by atoms with Gasteiger partial charge in [0.05, 0.1) is 6.10 Å². The van der Waals surface area contributed by atoms with Gasteiger partial charge in [-0.25, -0.2) is 0 Å². The Morgan fingerprint density at radius 1 is 1.19 bits per heavy atom. The first-order chi connectivity index (χ1) is 10.3. The molecule has 0 aromatic heterocycles. The number of benzene rings is 1. The van der Waals surface area contributed by atoms with Crippen LogP contribution in [-0.4, -0.2) is 18.6 Å². The van der Waals surface area contributed by atoms with Crippen molar-refractivity contribution in [1.29, 1.82) is 0 Å². The van der Waals surface area contributed by atoms with Gasteiger partial charge in [-0.15, -0.1) is 0 Å². The van der Waals surface area contributed by atoms with Crippen LogP contribution in [0.25, 0.3) is 0 Å². The zero-order valence-electron chi connectivity index (χ0n) is 12.6. The number of nitrogens with two attached hydrogens (primary N) is 1. The molecular weight excluding hydrogens is 264 g/mol. The molecule has 0 heterocycles. The zero-order chi connectivity index (χ0) is 14.9. The molecule has 116 valence electrons. The van der Waals surface area contributed by atoms with E-state index >= 15 is 0 Å². The lowest BCUT2D eigenvalue weighted by molar-refractivity contribution is -0.116. The van der Waals surface area contributed by atoms with Gasteiger partial charge in [-0.2, -0.15) is 0 Å². The van der Waals surface area contributed by atoms with E-state index in [1.165, 1.54) is 32.1 Å². The van der Waals surface area contributed by atoms with Crippen molar-refractivity contribution in [2.24, 2.45) is 5.73 Å². The number of ether oxygens (including phenoxy) is 1. The Labute approximate surface area is 127 Å². The number of carbonyl (C=O) groups excluding carboxylic acids is 1. The van der Waals surface area contributed by atoms with Gasteiger partial charge in [0, 0.05) is 25.3 Å². The topological polar surface area (TPSA) is 64.3 Å². The number of hydrogen-bond acceptors (Lipinski definition) is 3. The Morgan fingerprint density at radius 3 is 2.57 bits per heavy atom. The predicted molar refractivity (Wildman–Crippen MR) is 85.0 cm³/mol. The third kappa shape index (κ3) is 5.86. The molecule has 1 aliphatic rings. The molecule has 1 aromatic rings. The minimum Gasteiger partial charge on any atom is -0.378 e. The number of anilines is 1. The van der Waals surface area contributed by atoms with Crippen molar-refractivity contribution >= 4 is 11.6 Å². The summed E-state index contributed by atoms with van der Waals surface area (Å²) < 4.78 is 5.82. The van der Waals surface area contributed by atoms with Gasteiger partial charge in [0.15, 0.2) is 0 Å². The van der Waals surface area contributed by atoms with E-state index in [9.17, 15) is 4.79 Å². The summed E-state index contributed by atoms with van der Waals surface area (Å²) in [7, 11) is 0. The molecule has 1 aromatic carbocycles. The predicted octanol–water partition coefficient (Wildman–Crippen LogP) is 3.21. The van der Waals surface area contributed by atoms with Crippen LogP contribution in [0.15, 0.2) is 24.3 Å². The van der Waals surface area contributed by atoms with Gasteiger partial charge in [0.1, 0.15) is 0 Å². The van der Waals surface area contributed by atoms with Gasteiger partial charge in [-0.1, -0.05) is 31.4 Å². The summed E-state index contributed by atoms with van der Waals surface area (Å²) in [5, 5.41) is 2.90. The van der Waals surface area contributed by atoms with Gasteiger partial charge in [-0.05, 0) is 37.0 Å². The first-order valence-electron chi connectivity index (χ1n) is 7.98. The van der Waals surface area contributed by atoms with Crippen molar-refractivity contribution in [3.05, 3.63) is 29.8 Å². The third-order valence-electron chi connectivity index (χ3n) is 3.93. The molecule has 4 heteroatoms. The smallest absolute Gasteiger partial charge is 0.224 e. The van der Waals surface area contributed by atoms with Gasteiger partial charge in [0.2, 0.25) is 5.91 Å². The van der Waals surface area contributed by atoms with E-state index in [1.807, 2.05) is 24.3 Å². The van der Waals surface area contributed by atoms with Gasteiger partial charge in [-0.3, -0.25) is 4.79 Å². The summed E-state index contributed by atoms with van der Waals surface area (Å²) >= 11 is 0. The van der Waals surface area contributed by atoms with E-state index in [0.717, 1.165) is 17.7 Å². The molecule has 0 radical (unpaired) electrons. The number of carbonyl (C=O) groups is 1. The second kappa shape index (κ2) is 8.80. The average molecular weight is 290 g/mol. The van der Waals surface area contributed by atoms with Crippen molar-refractivity contribution in [2.75, 3.05) is 11.9 Å². The molecule has 0 saturated heterocycles. The number of rotatable bonds is 7. The van der Waals surface area contributed by atoms with E-state index in [2.05, 4.69) is 5.32 Å². The lowest BCUT2D eigenvalue weighted by Gasteiger charge is -2.21. The first kappa shape index (κ1) is 16.0. The van der Waals surface area contributed by atoms with Crippen molar-refractivity contribution in [1.82, 2.24) is 0 Å². The summed E-state index contributed by atoms with van der Waals surface area (Å²) in [6.07, 6.45) is 7.97. The Balaban J connectivity index is 1.60. The summed E-state index contributed by atoms with van der Waals surface area (Å²) in [5.41, 5.74) is 7.43. The highest BCUT2D eigenvalue weighted by Crippen LogP contribution is 2.20. The molecule has 1 amide bonds. The maximum atomic E-state index is 11.8. The van der Waals surface area contributed by atoms with Crippen LogP contribution in [0.3, 0.4) is 0 Å². The molecule has 1 fully saturated rings. The molecular formula is C17H26N2O2. The van der Waals surface area contributed by atoms with Crippen LogP contribution in [0, 0.1) is 0 Å². The van der Waals surface area contributed by atoms with Crippen LogP contribution >= 0.6 is 0 Å². The molecule has 4 nitrogen and oxygen atoms in total. The largest absolute Gasteiger partial charge is 0.378 e. The van der Waals surface area contributed by atoms with Crippen LogP contribution in [0.2, 0.25) is 0 Å². The van der Waals surface area contributed by atoms with E-state index in [-0.39, 0.29) is 5.91 Å². The van der Waals surface area contributed by atoms with E-state index < -0.39 is 0 Å². The second-order valence-corrected chi connectivity index (χ2v) is 5.68. The average Bonchev–Trinajstić information content (AvgIpc) is 2.53. The summed E-state index contributed by atoms with van der Waals surface area (Å²) in [6.45, 7) is 1.21. The minimum absolute atomic E-state index is 0.0442. The highest BCUT2D eigenvalue weighted by molar-refractivity contribution is 5.90. The fourth-order valence-corrected chi connectivity index (χ4v) is 2.66. The molecule has 0 aliphatic heterocycles. The molecule has 2 rings (SSSR count). The number of amides is 1. The monoisotopic (exact) mass is 290 g/mol. The number of hydrogen-bond donors (Lipinski definition) is 2. The SMILES string of the molecule is NCc1ccc(NC(=O)CCCOC2CCCCC2)cc1. The van der Waals surface area contributed by atoms with Crippen LogP contribution in [0.4, 0.5) is 5.69 Å². The fraction of sp³-hybridized carbons (Fsp3) is 0.588. The molecule has 0 unspecified atom stereocenters. The normalized spacial score (nSPS) is 15.9. The zero-order valence-corrected chi connectivity index (χ0v) is 12.6. The molecule has 21 heavy (non-hydrogen) atoms. The van der Waals surface area contributed by atoms with E-state index in [0.29, 0.717) is 25.7 Å². The van der Waals surface area contributed by atoms with Crippen molar-refractivity contribution in [3.8, 4) is 0 Å². The Hall–Kier alpha value is -1.39. The fourth-order valence-electron chi connectivity index (χ4n) is 2.66. The standard InChI is InChI=1S/C17H26N2O2/c18-13-14-8-10-15(11-9-14)19-17(20)7-4-12-21-16-5-2-1-3-6-16/h8-11,16H,1-7,12-13,18H2,(H,19,20). The summed E-state index contributed by atoms with van der Waals surface area (Å²) in [4.78, 5) is 11.8. The Kier molecular flexibility index (Phi) is 6.70. The van der Waals surface area contributed by atoms with E-state index in [1.54, 1.807) is 0 Å². The maximum absolute atomic E-state index is 11.8. The lowest BCUT2D eigenvalue weighted by atomic mass is 9.98. The summed E-state index contributed by atoms with van der Waals surface area (Å²) in [5.74, 6) is 0.0442. The minimum atomic E-state index is 0.0442. The van der Waals surface area contributed by atoms with Crippen molar-refractivity contribution in [3.63, 3.8) is 0 Å². The highest BCUT2D eigenvalue weighted by Gasteiger charge is 2.13. The third-order valence-corrected chi connectivity index (χ3v) is 3.93. The second-order valence-electron chi connectivity index (χ2n) is 5.68. The van der Waals surface area contributed by atoms with E-state index in [4.69, 9.17) is 10.5 Å².